The summed E-state index contributed by atoms with van der Waals surface area (Å²) in [6, 6.07) is 8.83. The second-order valence-electron chi connectivity index (χ2n) is 6.87. The molecule has 1 fully saturated rings. The number of piperazine rings is 1. The molecule has 1 saturated heterocycles. The van der Waals surface area contributed by atoms with Gasteiger partial charge in [-0.25, -0.2) is 0 Å². The summed E-state index contributed by atoms with van der Waals surface area (Å²) >= 11 is 0. The van der Waals surface area contributed by atoms with Crippen molar-refractivity contribution in [3.05, 3.63) is 29.8 Å². The maximum atomic E-state index is 6.01. The molecule has 2 rings (SSSR count). The van der Waals surface area contributed by atoms with Gasteiger partial charge in [0.25, 0.3) is 0 Å². The first kappa shape index (κ1) is 16.3. The van der Waals surface area contributed by atoms with E-state index in [9.17, 15) is 0 Å². The summed E-state index contributed by atoms with van der Waals surface area (Å²) in [6.45, 7) is 13.2. The first-order valence-electron chi connectivity index (χ1n) is 8.30. The van der Waals surface area contributed by atoms with Crippen molar-refractivity contribution in [2.75, 3.05) is 44.2 Å². The summed E-state index contributed by atoms with van der Waals surface area (Å²) < 4.78 is 0. The van der Waals surface area contributed by atoms with Crippen LogP contribution in [-0.4, -0.2) is 44.2 Å². The SMILES string of the molecule is CCCC(C)(CN)CN1CCN(c2cccc(C)c2)CC1. The monoisotopic (exact) mass is 289 g/mol. The van der Waals surface area contributed by atoms with Gasteiger partial charge >= 0.3 is 0 Å². The number of hydrogen-bond acceptors (Lipinski definition) is 3. The van der Waals surface area contributed by atoms with Crippen LogP contribution in [0.4, 0.5) is 5.69 Å². The summed E-state index contributed by atoms with van der Waals surface area (Å²) in [6.07, 6.45) is 2.44. The molecular formula is C18H31N3. The zero-order valence-corrected chi connectivity index (χ0v) is 13.9. The molecule has 0 amide bonds. The van der Waals surface area contributed by atoms with E-state index in [4.69, 9.17) is 5.73 Å². The first-order valence-corrected chi connectivity index (χ1v) is 8.30. The maximum Gasteiger partial charge on any atom is 0.0369 e. The Kier molecular flexibility index (Phi) is 5.65. The average molecular weight is 289 g/mol. The lowest BCUT2D eigenvalue weighted by Crippen LogP contribution is -2.50. The van der Waals surface area contributed by atoms with E-state index in [0.29, 0.717) is 0 Å². The lowest BCUT2D eigenvalue weighted by atomic mass is 9.85. The zero-order valence-electron chi connectivity index (χ0n) is 13.9. The highest BCUT2D eigenvalue weighted by Crippen LogP contribution is 2.25. The number of rotatable bonds is 6. The Bertz CT molecular complexity index is 438. The Morgan fingerprint density at radius 3 is 2.48 bits per heavy atom. The molecule has 0 saturated carbocycles. The largest absolute Gasteiger partial charge is 0.369 e. The van der Waals surface area contributed by atoms with Gasteiger partial charge in [0.2, 0.25) is 0 Å². The van der Waals surface area contributed by atoms with Crippen LogP contribution >= 0.6 is 0 Å². The molecule has 3 nitrogen and oxygen atoms in total. The van der Waals surface area contributed by atoms with Crippen LogP contribution in [0.1, 0.15) is 32.3 Å². The highest BCUT2D eigenvalue weighted by molar-refractivity contribution is 5.48. The normalized spacial score (nSPS) is 19.5. The molecule has 1 atom stereocenters. The molecule has 1 aliphatic rings. The third-order valence-corrected chi connectivity index (χ3v) is 4.69. The van der Waals surface area contributed by atoms with Gasteiger partial charge in [0.05, 0.1) is 0 Å². The second-order valence-corrected chi connectivity index (χ2v) is 6.87. The minimum absolute atomic E-state index is 0.278. The van der Waals surface area contributed by atoms with E-state index >= 15 is 0 Å². The van der Waals surface area contributed by atoms with Crippen molar-refractivity contribution < 1.29 is 0 Å². The highest BCUT2D eigenvalue weighted by atomic mass is 15.3. The fourth-order valence-electron chi connectivity index (χ4n) is 3.38. The van der Waals surface area contributed by atoms with Gasteiger partial charge < -0.3 is 10.6 Å². The van der Waals surface area contributed by atoms with E-state index in [1.807, 2.05) is 0 Å². The summed E-state index contributed by atoms with van der Waals surface area (Å²) in [5.41, 5.74) is 8.99. The summed E-state index contributed by atoms with van der Waals surface area (Å²) in [7, 11) is 0. The first-order chi connectivity index (χ1) is 10.1. The molecule has 0 aromatic heterocycles. The third kappa shape index (κ3) is 4.45. The van der Waals surface area contributed by atoms with Crippen molar-refractivity contribution in [3.63, 3.8) is 0 Å². The molecular weight excluding hydrogens is 258 g/mol. The van der Waals surface area contributed by atoms with Gasteiger partial charge in [-0.2, -0.15) is 0 Å². The lowest BCUT2D eigenvalue weighted by Gasteiger charge is -2.40. The molecule has 118 valence electrons. The zero-order chi connectivity index (χ0) is 15.3. The van der Waals surface area contributed by atoms with Gasteiger partial charge in [-0.15, -0.1) is 0 Å². The van der Waals surface area contributed by atoms with Gasteiger partial charge in [0.15, 0.2) is 0 Å². The van der Waals surface area contributed by atoms with Crippen LogP contribution in [0.2, 0.25) is 0 Å². The number of hydrogen-bond donors (Lipinski definition) is 1. The third-order valence-electron chi connectivity index (χ3n) is 4.69. The molecule has 1 heterocycles. The molecule has 2 N–H and O–H groups in total. The summed E-state index contributed by atoms with van der Waals surface area (Å²) in [5.74, 6) is 0. The predicted molar refractivity (Wildman–Crippen MR) is 91.9 cm³/mol. The predicted octanol–water partition coefficient (Wildman–Crippen LogP) is 2.88. The number of aryl methyl sites for hydroxylation is 1. The minimum Gasteiger partial charge on any atom is -0.369 e. The Morgan fingerprint density at radius 1 is 1.19 bits per heavy atom. The Labute approximate surface area is 130 Å². The van der Waals surface area contributed by atoms with Crippen LogP contribution in [0.15, 0.2) is 24.3 Å². The molecule has 3 heteroatoms. The van der Waals surface area contributed by atoms with E-state index in [0.717, 1.165) is 39.3 Å². The molecule has 0 spiro atoms. The summed E-state index contributed by atoms with van der Waals surface area (Å²) in [5, 5.41) is 0. The van der Waals surface area contributed by atoms with E-state index in [1.54, 1.807) is 0 Å². The number of anilines is 1. The molecule has 21 heavy (non-hydrogen) atoms. The molecule has 0 aliphatic carbocycles. The molecule has 0 bridgehead atoms. The lowest BCUT2D eigenvalue weighted by molar-refractivity contribution is 0.152. The van der Waals surface area contributed by atoms with Crippen LogP contribution in [0, 0.1) is 12.3 Å². The van der Waals surface area contributed by atoms with Crippen molar-refractivity contribution >= 4 is 5.69 Å². The van der Waals surface area contributed by atoms with Crippen LogP contribution < -0.4 is 10.6 Å². The molecule has 0 radical (unpaired) electrons. The molecule has 1 aromatic rings. The van der Waals surface area contributed by atoms with E-state index in [1.165, 1.54) is 24.1 Å². The Balaban J connectivity index is 1.88. The van der Waals surface area contributed by atoms with E-state index in [-0.39, 0.29) is 5.41 Å². The van der Waals surface area contributed by atoms with Crippen molar-refractivity contribution in [3.8, 4) is 0 Å². The smallest absolute Gasteiger partial charge is 0.0369 e. The van der Waals surface area contributed by atoms with Gasteiger partial charge in [-0.1, -0.05) is 32.4 Å². The highest BCUT2D eigenvalue weighted by Gasteiger charge is 2.27. The Morgan fingerprint density at radius 2 is 1.90 bits per heavy atom. The van der Waals surface area contributed by atoms with Crippen LogP contribution in [0.25, 0.3) is 0 Å². The maximum absolute atomic E-state index is 6.01. The molecule has 1 aliphatic heterocycles. The number of nitrogens with zero attached hydrogens (tertiary/aromatic N) is 2. The second kappa shape index (κ2) is 7.28. The van der Waals surface area contributed by atoms with Crippen molar-refractivity contribution in [2.24, 2.45) is 11.1 Å². The van der Waals surface area contributed by atoms with Crippen LogP contribution in [0.3, 0.4) is 0 Å². The van der Waals surface area contributed by atoms with Crippen molar-refractivity contribution in [1.82, 2.24) is 4.90 Å². The Hall–Kier alpha value is -1.06. The van der Waals surface area contributed by atoms with Gasteiger partial charge in [0.1, 0.15) is 0 Å². The van der Waals surface area contributed by atoms with Crippen molar-refractivity contribution in [2.45, 2.75) is 33.6 Å². The van der Waals surface area contributed by atoms with Crippen LogP contribution in [0.5, 0.6) is 0 Å². The van der Waals surface area contributed by atoms with Gasteiger partial charge in [-0.05, 0) is 43.0 Å². The quantitative estimate of drug-likeness (QED) is 0.874. The van der Waals surface area contributed by atoms with Gasteiger partial charge in [-0.3, -0.25) is 4.90 Å². The number of nitrogens with two attached hydrogens (primary N) is 1. The fourth-order valence-corrected chi connectivity index (χ4v) is 3.38. The van der Waals surface area contributed by atoms with Crippen molar-refractivity contribution in [1.29, 1.82) is 0 Å². The van der Waals surface area contributed by atoms with E-state index < -0.39 is 0 Å². The van der Waals surface area contributed by atoms with Gasteiger partial charge in [0, 0.05) is 38.4 Å². The minimum atomic E-state index is 0.278. The number of benzene rings is 1. The standard InChI is InChI=1S/C18H31N3/c1-4-8-18(3,14-19)15-20-9-11-21(12-10-20)17-7-5-6-16(2)13-17/h5-7,13H,4,8-12,14-15,19H2,1-3H3. The van der Waals surface area contributed by atoms with E-state index in [2.05, 4.69) is 54.8 Å². The topological polar surface area (TPSA) is 32.5 Å². The van der Waals surface area contributed by atoms with Crippen LogP contribution in [-0.2, 0) is 0 Å². The molecule has 1 aromatic carbocycles. The summed E-state index contributed by atoms with van der Waals surface area (Å²) in [4.78, 5) is 5.10. The fraction of sp³-hybridized carbons (Fsp3) is 0.667. The molecule has 1 unspecified atom stereocenters. The average Bonchev–Trinajstić information content (AvgIpc) is 2.48.